The largest absolute Gasteiger partial charge is 0.381 e. The molecule has 2 aliphatic carbocycles. The van der Waals surface area contributed by atoms with Crippen molar-refractivity contribution in [2.24, 2.45) is 5.92 Å². The Morgan fingerprint density at radius 1 is 1.10 bits per heavy atom. The van der Waals surface area contributed by atoms with Gasteiger partial charge in [-0.1, -0.05) is 13.8 Å². The predicted molar refractivity (Wildman–Crippen MR) is 83.0 cm³/mol. The van der Waals surface area contributed by atoms with Crippen molar-refractivity contribution in [2.45, 2.75) is 83.0 Å². The van der Waals surface area contributed by atoms with Crippen LogP contribution in [0.5, 0.6) is 0 Å². The lowest BCUT2D eigenvalue weighted by Crippen LogP contribution is -2.49. The first kappa shape index (κ1) is 16.3. The van der Waals surface area contributed by atoms with E-state index in [1.807, 2.05) is 7.11 Å². The second-order valence-electron chi connectivity index (χ2n) is 6.91. The van der Waals surface area contributed by atoms with Crippen LogP contribution >= 0.6 is 0 Å². The van der Waals surface area contributed by atoms with Crippen LogP contribution in [-0.4, -0.2) is 38.0 Å². The Morgan fingerprint density at radius 3 is 2.45 bits per heavy atom. The lowest BCUT2D eigenvalue weighted by atomic mass is 9.79. The molecule has 0 radical (unpaired) electrons. The van der Waals surface area contributed by atoms with E-state index < -0.39 is 0 Å². The number of methoxy groups -OCH3 is 1. The van der Waals surface area contributed by atoms with Gasteiger partial charge in [-0.25, -0.2) is 0 Å². The SMILES string of the molecule is CCNCC1(OC2CCCC(OC)C2)CCC(C)CC1. The van der Waals surface area contributed by atoms with Gasteiger partial charge in [0.05, 0.1) is 17.8 Å². The van der Waals surface area contributed by atoms with Crippen molar-refractivity contribution in [3.8, 4) is 0 Å². The van der Waals surface area contributed by atoms with E-state index in [4.69, 9.17) is 9.47 Å². The van der Waals surface area contributed by atoms with Crippen molar-refractivity contribution in [2.75, 3.05) is 20.2 Å². The lowest BCUT2D eigenvalue weighted by Gasteiger charge is -2.43. The minimum absolute atomic E-state index is 0.0861. The summed E-state index contributed by atoms with van der Waals surface area (Å²) in [7, 11) is 1.84. The summed E-state index contributed by atoms with van der Waals surface area (Å²) in [6.07, 6.45) is 10.6. The second-order valence-corrected chi connectivity index (χ2v) is 6.91. The van der Waals surface area contributed by atoms with Gasteiger partial charge in [0.1, 0.15) is 0 Å². The molecule has 0 spiro atoms. The van der Waals surface area contributed by atoms with Crippen molar-refractivity contribution in [3.63, 3.8) is 0 Å². The molecule has 2 rings (SSSR count). The summed E-state index contributed by atoms with van der Waals surface area (Å²) < 4.78 is 12.2. The third-order valence-corrected chi connectivity index (χ3v) is 5.21. The molecule has 0 aliphatic heterocycles. The van der Waals surface area contributed by atoms with Gasteiger partial charge in [0.15, 0.2) is 0 Å². The molecule has 0 aromatic rings. The first-order valence-corrected chi connectivity index (χ1v) is 8.59. The monoisotopic (exact) mass is 283 g/mol. The fraction of sp³-hybridized carbons (Fsp3) is 1.00. The Balaban J connectivity index is 1.92. The summed E-state index contributed by atoms with van der Waals surface area (Å²) in [5.74, 6) is 0.867. The number of ether oxygens (including phenoxy) is 2. The highest BCUT2D eigenvalue weighted by Crippen LogP contribution is 2.37. The molecule has 1 N–H and O–H groups in total. The quantitative estimate of drug-likeness (QED) is 0.809. The van der Waals surface area contributed by atoms with Gasteiger partial charge in [-0.3, -0.25) is 0 Å². The summed E-state index contributed by atoms with van der Waals surface area (Å²) in [6.45, 7) is 6.61. The van der Waals surface area contributed by atoms with E-state index in [1.54, 1.807) is 0 Å². The van der Waals surface area contributed by atoms with Gasteiger partial charge >= 0.3 is 0 Å². The molecule has 2 aliphatic rings. The van der Waals surface area contributed by atoms with Crippen LogP contribution in [0.15, 0.2) is 0 Å². The topological polar surface area (TPSA) is 30.5 Å². The van der Waals surface area contributed by atoms with E-state index in [9.17, 15) is 0 Å². The summed E-state index contributed by atoms with van der Waals surface area (Å²) in [4.78, 5) is 0. The predicted octanol–water partition coefficient (Wildman–Crippen LogP) is 3.52. The molecule has 2 saturated carbocycles. The second kappa shape index (κ2) is 7.77. The molecular formula is C17H33NO2. The van der Waals surface area contributed by atoms with Crippen LogP contribution in [-0.2, 0) is 9.47 Å². The molecule has 0 aromatic carbocycles. The molecule has 20 heavy (non-hydrogen) atoms. The van der Waals surface area contributed by atoms with Crippen molar-refractivity contribution in [1.29, 1.82) is 0 Å². The lowest BCUT2D eigenvalue weighted by molar-refractivity contribution is -0.140. The van der Waals surface area contributed by atoms with Crippen LogP contribution < -0.4 is 5.32 Å². The minimum Gasteiger partial charge on any atom is -0.381 e. The summed E-state index contributed by atoms with van der Waals surface area (Å²) >= 11 is 0. The van der Waals surface area contributed by atoms with Crippen molar-refractivity contribution in [1.82, 2.24) is 5.32 Å². The molecule has 3 nitrogen and oxygen atoms in total. The van der Waals surface area contributed by atoms with Gasteiger partial charge in [-0.15, -0.1) is 0 Å². The fourth-order valence-corrected chi connectivity index (χ4v) is 3.75. The van der Waals surface area contributed by atoms with Gasteiger partial charge < -0.3 is 14.8 Å². The Bertz CT molecular complexity index is 269. The minimum atomic E-state index is 0.0861. The van der Waals surface area contributed by atoms with Crippen LogP contribution in [0.3, 0.4) is 0 Å². The molecule has 2 fully saturated rings. The summed E-state index contributed by atoms with van der Waals surface area (Å²) in [6, 6.07) is 0. The van der Waals surface area contributed by atoms with Crippen LogP contribution in [0.2, 0.25) is 0 Å². The molecule has 0 aromatic heterocycles. The molecule has 0 amide bonds. The first-order valence-electron chi connectivity index (χ1n) is 8.59. The molecular weight excluding hydrogens is 250 g/mol. The van der Waals surface area contributed by atoms with Gasteiger partial charge in [0, 0.05) is 13.7 Å². The van der Waals surface area contributed by atoms with E-state index in [-0.39, 0.29) is 5.60 Å². The number of rotatable bonds is 6. The van der Waals surface area contributed by atoms with Crippen LogP contribution in [0.1, 0.15) is 65.2 Å². The van der Waals surface area contributed by atoms with E-state index in [2.05, 4.69) is 19.2 Å². The number of hydrogen-bond acceptors (Lipinski definition) is 3. The van der Waals surface area contributed by atoms with Gasteiger partial charge in [-0.2, -0.15) is 0 Å². The van der Waals surface area contributed by atoms with Crippen LogP contribution in [0.25, 0.3) is 0 Å². The highest BCUT2D eigenvalue weighted by atomic mass is 16.5. The Morgan fingerprint density at radius 2 is 1.80 bits per heavy atom. The van der Waals surface area contributed by atoms with Gasteiger partial charge in [-0.05, 0) is 63.8 Å². The van der Waals surface area contributed by atoms with Crippen molar-refractivity contribution in [3.05, 3.63) is 0 Å². The Hall–Kier alpha value is -0.120. The first-order chi connectivity index (χ1) is 9.67. The van der Waals surface area contributed by atoms with Gasteiger partial charge in [0.2, 0.25) is 0 Å². The maximum atomic E-state index is 6.66. The zero-order chi connectivity index (χ0) is 14.4. The number of nitrogens with one attached hydrogen (secondary N) is 1. The van der Waals surface area contributed by atoms with E-state index in [0.717, 1.165) is 25.4 Å². The average Bonchev–Trinajstić information content (AvgIpc) is 2.48. The normalized spacial score (nSPS) is 38.9. The van der Waals surface area contributed by atoms with E-state index in [0.29, 0.717) is 12.2 Å². The third-order valence-electron chi connectivity index (χ3n) is 5.21. The molecule has 2 atom stereocenters. The third kappa shape index (κ3) is 4.44. The van der Waals surface area contributed by atoms with Crippen LogP contribution in [0, 0.1) is 5.92 Å². The van der Waals surface area contributed by atoms with Crippen molar-refractivity contribution < 1.29 is 9.47 Å². The highest BCUT2D eigenvalue weighted by molar-refractivity contribution is 4.90. The Labute approximate surface area is 124 Å². The maximum absolute atomic E-state index is 6.66. The van der Waals surface area contributed by atoms with E-state index in [1.165, 1.54) is 44.9 Å². The van der Waals surface area contributed by atoms with E-state index >= 15 is 0 Å². The zero-order valence-electron chi connectivity index (χ0n) is 13.6. The molecule has 0 saturated heterocycles. The summed E-state index contributed by atoms with van der Waals surface area (Å²) in [5.41, 5.74) is 0.0861. The highest BCUT2D eigenvalue weighted by Gasteiger charge is 2.38. The molecule has 0 heterocycles. The molecule has 0 bridgehead atoms. The maximum Gasteiger partial charge on any atom is 0.0810 e. The van der Waals surface area contributed by atoms with Crippen molar-refractivity contribution >= 4 is 0 Å². The zero-order valence-corrected chi connectivity index (χ0v) is 13.6. The average molecular weight is 283 g/mol. The smallest absolute Gasteiger partial charge is 0.0810 e. The molecule has 118 valence electrons. The Kier molecular flexibility index (Phi) is 6.31. The summed E-state index contributed by atoms with van der Waals surface area (Å²) in [5, 5.41) is 3.53. The van der Waals surface area contributed by atoms with Gasteiger partial charge in [0.25, 0.3) is 0 Å². The number of hydrogen-bond donors (Lipinski definition) is 1. The number of likely N-dealkylation sites (N-methyl/N-ethyl adjacent to an activating group) is 1. The molecule has 2 unspecified atom stereocenters. The molecule has 3 heteroatoms. The standard InChI is InChI=1S/C17H33NO2/c1-4-18-13-17(10-8-14(2)9-11-17)20-16-7-5-6-15(12-16)19-3/h14-16,18H,4-13H2,1-3H3. The fourth-order valence-electron chi connectivity index (χ4n) is 3.75. The van der Waals surface area contributed by atoms with Crippen LogP contribution in [0.4, 0.5) is 0 Å².